The minimum absolute atomic E-state index is 0.0543. The van der Waals surface area contributed by atoms with Crippen molar-refractivity contribution in [1.29, 1.82) is 0 Å². The van der Waals surface area contributed by atoms with Gasteiger partial charge in [0.25, 0.3) is 0 Å². The standard InChI is InChI=1S/C32H52BNO5Si/c1-12-35-29(18-19-37-40(23(2)3,24(4)5)25(6)7)27-16-17-30(34-21-27)36-22-26-14-13-15-28(20-26)33-38-31(8,9)32(10,11)39-33/h13-17,20-21,23-25,29H,12,18-19,22H2,1-11H3/t29-/m0/s1. The summed E-state index contributed by atoms with van der Waals surface area (Å²) in [6.45, 7) is 26.0. The van der Waals surface area contributed by atoms with Crippen LogP contribution in [0, 0.1) is 0 Å². The second-order valence-corrected chi connectivity index (χ2v) is 18.4. The zero-order valence-corrected chi connectivity index (χ0v) is 27.7. The molecule has 2 heterocycles. The smallest absolute Gasteiger partial charge is 0.473 e. The molecule has 222 valence electrons. The molecule has 0 radical (unpaired) electrons. The predicted molar refractivity (Wildman–Crippen MR) is 167 cm³/mol. The van der Waals surface area contributed by atoms with Crippen molar-refractivity contribution in [2.75, 3.05) is 13.2 Å². The molecule has 3 rings (SSSR count). The average Bonchev–Trinajstić information content (AvgIpc) is 3.11. The lowest BCUT2D eigenvalue weighted by Crippen LogP contribution is -2.48. The Balaban J connectivity index is 1.61. The van der Waals surface area contributed by atoms with Crippen LogP contribution in [0.15, 0.2) is 42.6 Å². The van der Waals surface area contributed by atoms with E-state index in [1.807, 2.05) is 37.4 Å². The average molecular weight is 570 g/mol. The van der Waals surface area contributed by atoms with Crippen molar-refractivity contribution in [2.45, 2.75) is 123 Å². The molecule has 0 N–H and O–H groups in total. The summed E-state index contributed by atoms with van der Waals surface area (Å²) in [7, 11) is -2.30. The molecule has 1 aliphatic heterocycles. The van der Waals surface area contributed by atoms with Crippen LogP contribution in [0.5, 0.6) is 5.88 Å². The fourth-order valence-electron chi connectivity index (χ4n) is 6.02. The molecule has 40 heavy (non-hydrogen) atoms. The number of hydrogen-bond donors (Lipinski definition) is 0. The lowest BCUT2D eigenvalue weighted by atomic mass is 9.78. The number of ether oxygens (including phenoxy) is 2. The summed E-state index contributed by atoms with van der Waals surface area (Å²) in [4.78, 5) is 4.59. The highest BCUT2D eigenvalue weighted by molar-refractivity contribution is 6.77. The van der Waals surface area contributed by atoms with Crippen LogP contribution >= 0.6 is 0 Å². The van der Waals surface area contributed by atoms with Gasteiger partial charge in [0.2, 0.25) is 5.88 Å². The lowest BCUT2D eigenvalue weighted by molar-refractivity contribution is 0.00578. The van der Waals surface area contributed by atoms with Crippen molar-refractivity contribution in [3.63, 3.8) is 0 Å². The van der Waals surface area contributed by atoms with Gasteiger partial charge in [-0.05, 0) is 80.3 Å². The Morgan fingerprint density at radius 2 is 1.52 bits per heavy atom. The molecule has 0 saturated carbocycles. The summed E-state index contributed by atoms with van der Waals surface area (Å²) < 4.78 is 31.4. The summed E-state index contributed by atoms with van der Waals surface area (Å²) in [6, 6.07) is 12.2. The summed E-state index contributed by atoms with van der Waals surface area (Å²) in [6.07, 6.45) is 2.62. The molecule has 2 aromatic rings. The molecule has 0 unspecified atom stereocenters. The molecule has 6 nitrogen and oxygen atoms in total. The van der Waals surface area contributed by atoms with Gasteiger partial charge in [-0.3, -0.25) is 0 Å². The van der Waals surface area contributed by atoms with Crippen LogP contribution in [-0.2, 0) is 25.1 Å². The molecular formula is C32H52BNO5Si. The molecule has 1 aliphatic rings. The molecule has 1 aromatic carbocycles. The highest BCUT2D eigenvalue weighted by Gasteiger charge is 2.51. The fourth-order valence-corrected chi connectivity index (χ4v) is 11.5. The maximum atomic E-state index is 6.79. The van der Waals surface area contributed by atoms with Crippen molar-refractivity contribution < 1.29 is 23.2 Å². The maximum Gasteiger partial charge on any atom is 0.494 e. The van der Waals surface area contributed by atoms with E-state index in [-0.39, 0.29) is 17.3 Å². The minimum Gasteiger partial charge on any atom is -0.473 e. The van der Waals surface area contributed by atoms with Crippen molar-refractivity contribution >= 4 is 20.9 Å². The molecule has 8 heteroatoms. The van der Waals surface area contributed by atoms with Gasteiger partial charge in [0, 0.05) is 25.5 Å². The molecule has 0 amide bonds. The quantitative estimate of drug-likeness (QED) is 0.218. The predicted octanol–water partition coefficient (Wildman–Crippen LogP) is 7.62. The molecule has 1 fully saturated rings. The summed E-state index contributed by atoms with van der Waals surface area (Å²) in [5.74, 6) is 0.585. The normalized spacial score (nSPS) is 17.7. The van der Waals surface area contributed by atoms with E-state index < -0.39 is 15.4 Å². The second kappa shape index (κ2) is 13.5. The second-order valence-electron chi connectivity index (χ2n) is 13.0. The Morgan fingerprint density at radius 3 is 2.05 bits per heavy atom. The zero-order chi connectivity index (χ0) is 29.7. The van der Waals surface area contributed by atoms with Crippen LogP contribution in [0.1, 0.15) is 99.8 Å². The number of rotatable bonds is 14. The topological polar surface area (TPSA) is 59.0 Å². The van der Waals surface area contributed by atoms with Gasteiger partial charge in [0.15, 0.2) is 8.32 Å². The number of aromatic nitrogens is 1. The molecular weight excluding hydrogens is 517 g/mol. The van der Waals surface area contributed by atoms with E-state index in [0.717, 1.165) is 23.0 Å². The van der Waals surface area contributed by atoms with E-state index >= 15 is 0 Å². The van der Waals surface area contributed by atoms with Gasteiger partial charge in [-0.2, -0.15) is 0 Å². The number of hydrogen-bond acceptors (Lipinski definition) is 6. The van der Waals surface area contributed by atoms with E-state index in [2.05, 4.69) is 86.4 Å². The van der Waals surface area contributed by atoms with Crippen molar-refractivity contribution in [3.8, 4) is 5.88 Å². The number of pyridine rings is 1. The van der Waals surface area contributed by atoms with E-state index in [9.17, 15) is 0 Å². The molecule has 1 aromatic heterocycles. The minimum atomic E-state index is -1.90. The third-order valence-corrected chi connectivity index (χ3v) is 14.9. The first kappa shape index (κ1) is 32.8. The SMILES string of the molecule is CCO[C@@H](CCO[Si](C(C)C)(C(C)C)C(C)C)c1ccc(OCc2cccc(B3OC(C)(C)C(C)(C)O3)c2)nc1. The third kappa shape index (κ3) is 7.37. The van der Waals surface area contributed by atoms with Gasteiger partial charge < -0.3 is 23.2 Å². The summed E-state index contributed by atoms with van der Waals surface area (Å²) in [5, 5.41) is 0. The van der Waals surface area contributed by atoms with E-state index in [1.54, 1.807) is 0 Å². The maximum absolute atomic E-state index is 6.79. The van der Waals surface area contributed by atoms with E-state index in [0.29, 0.717) is 42.3 Å². The Kier molecular flexibility index (Phi) is 11.1. The van der Waals surface area contributed by atoms with E-state index in [4.69, 9.17) is 23.2 Å². The van der Waals surface area contributed by atoms with Gasteiger partial charge in [-0.25, -0.2) is 4.98 Å². The van der Waals surface area contributed by atoms with Crippen LogP contribution in [0.4, 0.5) is 0 Å². The monoisotopic (exact) mass is 569 g/mol. The third-order valence-electron chi connectivity index (χ3n) is 8.80. The van der Waals surface area contributed by atoms with Crippen LogP contribution in [0.3, 0.4) is 0 Å². The van der Waals surface area contributed by atoms with Gasteiger partial charge in [0.1, 0.15) is 6.61 Å². The van der Waals surface area contributed by atoms with Gasteiger partial charge >= 0.3 is 7.12 Å². The van der Waals surface area contributed by atoms with Gasteiger partial charge in [-0.15, -0.1) is 0 Å². The van der Waals surface area contributed by atoms with Crippen LogP contribution in [0.2, 0.25) is 16.6 Å². The number of benzene rings is 1. The van der Waals surface area contributed by atoms with E-state index in [1.165, 1.54) is 0 Å². The Bertz CT molecular complexity index is 1040. The van der Waals surface area contributed by atoms with Gasteiger partial charge in [-0.1, -0.05) is 65.8 Å². The summed E-state index contributed by atoms with van der Waals surface area (Å²) in [5.41, 5.74) is 4.02. The molecule has 0 spiro atoms. The van der Waals surface area contributed by atoms with Crippen molar-refractivity contribution in [2.24, 2.45) is 0 Å². The van der Waals surface area contributed by atoms with Crippen LogP contribution in [-0.4, -0.2) is 44.8 Å². The molecule has 0 bridgehead atoms. The Hall–Kier alpha value is -1.71. The first-order valence-electron chi connectivity index (χ1n) is 15.0. The zero-order valence-electron chi connectivity index (χ0n) is 26.7. The highest BCUT2D eigenvalue weighted by atomic mass is 28.4. The molecule has 1 atom stereocenters. The molecule has 1 saturated heterocycles. The van der Waals surface area contributed by atoms with Crippen molar-refractivity contribution in [3.05, 3.63) is 53.7 Å². The number of nitrogens with zero attached hydrogens (tertiary/aromatic N) is 1. The largest absolute Gasteiger partial charge is 0.494 e. The Morgan fingerprint density at radius 1 is 0.900 bits per heavy atom. The summed E-state index contributed by atoms with van der Waals surface area (Å²) >= 11 is 0. The van der Waals surface area contributed by atoms with Crippen LogP contribution < -0.4 is 10.2 Å². The van der Waals surface area contributed by atoms with Crippen molar-refractivity contribution in [1.82, 2.24) is 4.98 Å². The van der Waals surface area contributed by atoms with Gasteiger partial charge in [0.05, 0.1) is 17.3 Å². The van der Waals surface area contributed by atoms with Crippen LogP contribution in [0.25, 0.3) is 0 Å². The first-order valence-corrected chi connectivity index (χ1v) is 17.2. The first-order chi connectivity index (χ1) is 18.7. The highest BCUT2D eigenvalue weighted by Crippen LogP contribution is 2.42. The lowest BCUT2D eigenvalue weighted by Gasteiger charge is -2.42. The molecule has 0 aliphatic carbocycles. The fraction of sp³-hybridized carbons (Fsp3) is 0.656. The Labute approximate surface area is 244 Å².